The van der Waals surface area contributed by atoms with Gasteiger partial charge in [0.15, 0.2) is 0 Å². The minimum absolute atomic E-state index is 0.229. The molecule has 22 heavy (non-hydrogen) atoms. The van der Waals surface area contributed by atoms with Crippen LogP contribution in [0.3, 0.4) is 0 Å². The maximum absolute atomic E-state index is 13.8. The Hall–Kier alpha value is -0.680. The molecule has 0 bridgehead atoms. The molecule has 1 aliphatic heterocycles. The largest absolute Gasteiger partial charge is 0.392 e. The smallest absolute Gasteiger partial charge is 0.129 e. The van der Waals surface area contributed by atoms with E-state index in [2.05, 4.69) is 16.7 Å². The normalized spacial score (nSPS) is 18.5. The van der Waals surface area contributed by atoms with Gasteiger partial charge in [0.1, 0.15) is 5.82 Å². The second-order valence-electron chi connectivity index (χ2n) is 6.07. The molecule has 1 atom stereocenters. The number of unbranched alkanes of at least 4 members (excludes halogenated alkanes) is 1. The molecule has 0 aliphatic carbocycles. The molecule has 3 nitrogen and oxygen atoms in total. The van der Waals surface area contributed by atoms with Gasteiger partial charge in [0.25, 0.3) is 0 Å². The van der Waals surface area contributed by atoms with Gasteiger partial charge in [-0.1, -0.05) is 37.4 Å². The molecule has 5 heteroatoms. The summed E-state index contributed by atoms with van der Waals surface area (Å²) in [4.78, 5) is 4.51. The molecule has 0 radical (unpaired) electrons. The molecule has 0 aromatic heterocycles. The van der Waals surface area contributed by atoms with Crippen molar-refractivity contribution in [3.8, 4) is 0 Å². The Morgan fingerprint density at radius 3 is 2.55 bits per heavy atom. The summed E-state index contributed by atoms with van der Waals surface area (Å²) in [5, 5.41) is 10.5. The Labute approximate surface area is 137 Å². The molecule has 1 aromatic rings. The molecule has 124 valence electrons. The number of nitrogens with zero attached hydrogens (tertiary/aromatic N) is 2. The third-order valence-electron chi connectivity index (χ3n) is 4.27. The van der Waals surface area contributed by atoms with E-state index in [1.165, 1.54) is 6.07 Å². The van der Waals surface area contributed by atoms with E-state index in [1.54, 1.807) is 12.1 Å². The first kappa shape index (κ1) is 17.7. The van der Waals surface area contributed by atoms with E-state index in [-0.39, 0.29) is 11.9 Å². The van der Waals surface area contributed by atoms with Gasteiger partial charge in [-0.3, -0.25) is 9.80 Å². The Kier molecular flexibility index (Phi) is 7.09. The van der Waals surface area contributed by atoms with E-state index in [1.807, 2.05) is 0 Å². The highest BCUT2D eigenvalue weighted by atomic mass is 35.5. The number of aliphatic hydroxyl groups excluding tert-OH is 1. The summed E-state index contributed by atoms with van der Waals surface area (Å²) in [7, 11) is 0. The summed E-state index contributed by atoms with van der Waals surface area (Å²) >= 11 is 6.08. The molecule has 0 saturated carbocycles. The topological polar surface area (TPSA) is 26.7 Å². The van der Waals surface area contributed by atoms with E-state index in [0.717, 1.165) is 52.0 Å². The fourth-order valence-corrected chi connectivity index (χ4v) is 3.09. The molecular formula is C17H26ClFN2O. The standard InChI is InChI=1S/C17H26ClFN2O/c1-2-3-5-14(22)12-20-8-10-21(11-9-20)13-15-16(18)6-4-7-17(15)19/h4,6-7,14,22H,2-3,5,8-13H2,1H3. The van der Waals surface area contributed by atoms with Gasteiger partial charge in [0.05, 0.1) is 6.10 Å². The van der Waals surface area contributed by atoms with Gasteiger partial charge in [-0.2, -0.15) is 0 Å². The fraction of sp³-hybridized carbons (Fsp3) is 0.647. The van der Waals surface area contributed by atoms with Gasteiger partial charge in [-0.25, -0.2) is 4.39 Å². The molecular weight excluding hydrogens is 303 g/mol. The van der Waals surface area contributed by atoms with Crippen molar-refractivity contribution in [2.75, 3.05) is 32.7 Å². The molecule has 1 aliphatic rings. The van der Waals surface area contributed by atoms with Crippen molar-refractivity contribution in [3.63, 3.8) is 0 Å². The number of piperazine rings is 1. The van der Waals surface area contributed by atoms with Gasteiger partial charge in [-0.15, -0.1) is 0 Å². The van der Waals surface area contributed by atoms with E-state index in [4.69, 9.17) is 11.6 Å². The number of β-amino-alcohol motifs (C(OH)–C–C–N with tert-alkyl or cyclic N) is 1. The molecule has 1 aromatic carbocycles. The highest BCUT2D eigenvalue weighted by Gasteiger charge is 2.20. The van der Waals surface area contributed by atoms with E-state index < -0.39 is 0 Å². The Bertz CT molecular complexity index is 444. The van der Waals surface area contributed by atoms with Gasteiger partial charge < -0.3 is 5.11 Å². The first-order chi connectivity index (χ1) is 10.6. The summed E-state index contributed by atoms with van der Waals surface area (Å²) in [5.41, 5.74) is 0.584. The van der Waals surface area contributed by atoms with Gasteiger partial charge in [-0.05, 0) is 18.6 Å². The lowest BCUT2D eigenvalue weighted by atomic mass is 10.1. The van der Waals surface area contributed by atoms with Gasteiger partial charge in [0.2, 0.25) is 0 Å². The Morgan fingerprint density at radius 1 is 1.23 bits per heavy atom. The Morgan fingerprint density at radius 2 is 1.91 bits per heavy atom. The van der Waals surface area contributed by atoms with Crippen LogP contribution in [0.5, 0.6) is 0 Å². The zero-order valence-corrected chi connectivity index (χ0v) is 14.0. The Balaban J connectivity index is 1.78. The zero-order chi connectivity index (χ0) is 15.9. The lowest BCUT2D eigenvalue weighted by Crippen LogP contribution is -2.48. The van der Waals surface area contributed by atoms with Crippen molar-refractivity contribution in [1.82, 2.24) is 9.80 Å². The summed E-state index contributed by atoms with van der Waals surface area (Å²) in [5.74, 6) is -0.232. The van der Waals surface area contributed by atoms with Crippen molar-refractivity contribution < 1.29 is 9.50 Å². The van der Waals surface area contributed by atoms with Crippen LogP contribution in [0, 0.1) is 5.82 Å². The molecule has 1 unspecified atom stereocenters. The second kappa shape index (κ2) is 8.82. The molecule has 1 N–H and O–H groups in total. The van der Waals surface area contributed by atoms with E-state index >= 15 is 0 Å². The number of benzene rings is 1. The van der Waals surface area contributed by atoms with Crippen LogP contribution in [0.25, 0.3) is 0 Å². The quantitative estimate of drug-likeness (QED) is 0.833. The average Bonchev–Trinajstić information content (AvgIpc) is 2.51. The van der Waals surface area contributed by atoms with Crippen molar-refractivity contribution in [2.24, 2.45) is 0 Å². The van der Waals surface area contributed by atoms with Gasteiger partial charge >= 0.3 is 0 Å². The summed E-state index contributed by atoms with van der Waals surface area (Å²) in [6.45, 7) is 7.02. The molecule has 1 saturated heterocycles. The summed E-state index contributed by atoms with van der Waals surface area (Å²) in [6, 6.07) is 4.83. The van der Waals surface area contributed by atoms with Crippen LogP contribution in [-0.4, -0.2) is 53.7 Å². The first-order valence-electron chi connectivity index (χ1n) is 8.15. The molecule has 0 amide bonds. The average molecular weight is 329 g/mol. The predicted molar refractivity (Wildman–Crippen MR) is 88.7 cm³/mol. The number of hydrogen-bond acceptors (Lipinski definition) is 3. The van der Waals surface area contributed by atoms with Crippen LogP contribution >= 0.6 is 11.6 Å². The third-order valence-corrected chi connectivity index (χ3v) is 4.62. The van der Waals surface area contributed by atoms with Crippen molar-refractivity contribution in [3.05, 3.63) is 34.6 Å². The van der Waals surface area contributed by atoms with Crippen LogP contribution in [0.2, 0.25) is 5.02 Å². The fourth-order valence-electron chi connectivity index (χ4n) is 2.87. The van der Waals surface area contributed by atoms with Crippen molar-refractivity contribution in [2.45, 2.75) is 38.8 Å². The van der Waals surface area contributed by atoms with Crippen LogP contribution in [-0.2, 0) is 6.54 Å². The van der Waals surface area contributed by atoms with Crippen LogP contribution in [0.4, 0.5) is 4.39 Å². The number of aliphatic hydroxyl groups is 1. The van der Waals surface area contributed by atoms with E-state index in [0.29, 0.717) is 17.1 Å². The highest BCUT2D eigenvalue weighted by molar-refractivity contribution is 6.31. The first-order valence-corrected chi connectivity index (χ1v) is 8.53. The molecule has 0 spiro atoms. The van der Waals surface area contributed by atoms with Crippen LogP contribution in [0.1, 0.15) is 31.7 Å². The molecule has 1 fully saturated rings. The number of halogens is 2. The van der Waals surface area contributed by atoms with Crippen LogP contribution < -0.4 is 0 Å². The lowest BCUT2D eigenvalue weighted by Gasteiger charge is -2.35. The monoisotopic (exact) mass is 328 g/mol. The predicted octanol–water partition coefficient (Wildman–Crippen LogP) is 3.15. The minimum Gasteiger partial charge on any atom is -0.392 e. The minimum atomic E-state index is -0.232. The number of rotatable bonds is 7. The maximum atomic E-state index is 13.8. The maximum Gasteiger partial charge on any atom is 0.129 e. The zero-order valence-electron chi connectivity index (χ0n) is 13.3. The lowest BCUT2D eigenvalue weighted by molar-refractivity contribution is 0.0651. The SMILES string of the molecule is CCCCC(O)CN1CCN(Cc2c(F)cccc2Cl)CC1. The van der Waals surface area contributed by atoms with E-state index in [9.17, 15) is 9.50 Å². The van der Waals surface area contributed by atoms with Crippen molar-refractivity contribution in [1.29, 1.82) is 0 Å². The highest BCUT2D eigenvalue weighted by Crippen LogP contribution is 2.21. The molecule has 1 heterocycles. The molecule has 2 rings (SSSR count). The second-order valence-corrected chi connectivity index (χ2v) is 6.48. The van der Waals surface area contributed by atoms with Crippen LogP contribution in [0.15, 0.2) is 18.2 Å². The third kappa shape index (κ3) is 5.20. The van der Waals surface area contributed by atoms with Crippen molar-refractivity contribution >= 4 is 11.6 Å². The summed E-state index contributed by atoms with van der Waals surface area (Å²) in [6.07, 6.45) is 2.84. The summed E-state index contributed by atoms with van der Waals surface area (Å²) < 4.78 is 13.8. The number of hydrogen-bond donors (Lipinski definition) is 1. The van der Waals surface area contributed by atoms with Gasteiger partial charge in [0, 0.05) is 49.9 Å².